The lowest BCUT2D eigenvalue weighted by Crippen LogP contribution is -2.28. The van der Waals surface area contributed by atoms with Crippen molar-refractivity contribution in [2.45, 2.75) is 32.9 Å². The number of carbonyl (C=O) groups is 1. The maximum atomic E-state index is 12.5. The quantitative estimate of drug-likeness (QED) is 0.668. The number of nitrogens with zero attached hydrogens (tertiary/aromatic N) is 3. The Morgan fingerprint density at radius 2 is 2.28 bits per heavy atom. The molecule has 0 aliphatic rings. The van der Waals surface area contributed by atoms with E-state index < -0.39 is 0 Å². The molecule has 1 amide bonds. The second-order valence-electron chi connectivity index (χ2n) is 6.03. The standard InChI is InChI=1S/C18H22N4O3/c1-12-6-4-7-14-10-15(25-16(12)14)18(23)20-13(2)17-21-19-11-22(17)8-5-9-24-3/h4,6-7,10-11,13H,5,8-9H2,1-3H3,(H,20,23). The molecule has 0 spiro atoms. The summed E-state index contributed by atoms with van der Waals surface area (Å²) in [5, 5.41) is 11.9. The summed E-state index contributed by atoms with van der Waals surface area (Å²) in [5.74, 6) is 0.730. The van der Waals surface area contributed by atoms with Crippen LogP contribution >= 0.6 is 0 Å². The first kappa shape index (κ1) is 17.2. The number of amides is 1. The normalized spacial score (nSPS) is 12.4. The van der Waals surface area contributed by atoms with Gasteiger partial charge in [0.25, 0.3) is 5.91 Å². The fraction of sp³-hybridized carbons (Fsp3) is 0.389. The molecule has 0 bridgehead atoms. The van der Waals surface area contributed by atoms with Gasteiger partial charge in [0, 0.05) is 25.6 Å². The number of ether oxygens (including phenoxy) is 1. The largest absolute Gasteiger partial charge is 0.451 e. The highest BCUT2D eigenvalue weighted by Gasteiger charge is 2.19. The third-order valence-corrected chi connectivity index (χ3v) is 4.09. The van der Waals surface area contributed by atoms with Crippen LogP contribution in [0.25, 0.3) is 11.0 Å². The fourth-order valence-corrected chi connectivity index (χ4v) is 2.80. The Bertz CT molecular complexity index is 868. The summed E-state index contributed by atoms with van der Waals surface area (Å²) in [5.41, 5.74) is 1.74. The highest BCUT2D eigenvalue weighted by Crippen LogP contribution is 2.23. The van der Waals surface area contributed by atoms with Gasteiger partial charge in [0.15, 0.2) is 11.6 Å². The number of nitrogens with one attached hydrogen (secondary N) is 1. The number of hydrogen-bond acceptors (Lipinski definition) is 5. The number of fused-ring (bicyclic) bond motifs is 1. The van der Waals surface area contributed by atoms with Crippen LogP contribution in [-0.2, 0) is 11.3 Å². The molecule has 2 aromatic heterocycles. The molecule has 0 saturated heterocycles. The Morgan fingerprint density at radius 1 is 1.44 bits per heavy atom. The van der Waals surface area contributed by atoms with Gasteiger partial charge >= 0.3 is 0 Å². The highest BCUT2D eigenvalue weighted by molar-refractivity contribution is 5.96. The van der Waals surface area contributed by atoms with E-state index in [1.165, 1.54) is 0 Å². The molecule has 2 heterocycles. The number of aryl methyl sites for hydroxylation is 2. The van der Waals surface area contributed by atoms with Crippen molar-refractivity contribution in [1.82, 2.24) is 20.1 Å². The van der Waals surface area contributed by atoms with Gasteiger partial charge in [-0.2, -0.15) is 0 Å². The number of methoxy groups -OCH3 is 1. The molecular weight excluding hydrogens is 320 g/mol. The molecule has 132 valence electrons. The summed E-state index contributed by atoms with van der Waals surface area (Å²) in [6, 6.07) is 7.30. The summed E-state index contributed by atoms with van der Waals surface area (Å²) in [6.45, 7) is 5.23. The molecule has 7 heteroatoms. The van der Waals surface area contributed by atoms with Crippen LogP contribution in [0, 0.1) is 6.92 Å². The van der Waals surface area contributed by atoms with Gasteiger partial charge in [0.05, 0.1) is 6.04 Å². The molecule has 1 unspecified atom stereocenters. The first-order valence-electron chi connectivity index (χ1n) is 8.27. The minimum Gasteiger partial charge on any atom is -0.451 e. The van der Waals surface area contributed by atoms with Crippen LogP contribution in [-0.4, -0.2) is 34.4 Å². The zero-order valence-electron chi connectivity index (χ0n) is 14.7. The third kappa shape index (κ3) is 3.71. The number of benzene rings is 1. The van der Waals surface area contributed by atoms with Gasteiger partial charge in [-0.15, -0.1) is 10.2 Å². The lowest BCUT2D eigenvalue weighted by Gasteiger charge is -2.14. The van der Waals surface area contributed by atoms with Crippen molar-refractivity contribution in [3.63, 3.8) is 0 Å². The summed E-state index contributed by atoms with van der Waals surface area (Å²) in [4.78, 5) is 12.5. The van der Waals surface area contributed by atoms with Gasteiger partial charge in [-0.1, -0.05) is 18.2 Å². The van der Waals surface area contributed by atoms with Crippen LogP contribution in [0.3, 0.4) is 0 Å². The number of furan rings is 1. The van der Waals surface area contributed by atoms with Gasteiger partial charge in [-0.3, -0.25) is 4.79 Å². The molecule has 7 nitrogen and oxygen atoms in total. The van der Waals surface area contributed by atoms with Crippen molar-refractivity contribution < 1.29 is 13.9 Å². The SMILES string of the molecule is COCCCn1cnnc1C(C)NC(=O)c1cc2cccc(C)c2o1. The Labute approximate surface area is 146 Å². The van der Waals surface area contributed by atoms with E-state index in [1.807, 2.05) is 36.6 Å². The van der Waals surface area contributed by atoms with E-state index in [0.29, 0.717) is 18.2 Å². The molecule has 3 aromatic rings. The Balaban J connectivity index is 1.72. The molecule has 1 atom stereocenters. The maximum Gasteiger partial charge on any atom is 0.287 e. The van der Waals surface area contributed by atoms with E-state index in [-0.39, 0.29) is 11.9 Å². The summed E-state index contributed by atoms with van der Waals surface area (Å²) < 4.78 is 12.7. The molecule has 0 saturated carbocycles. The van der Waals surface area contributed by atoms with E-state index >= 15 is 0 Å². The number of carbonyl (C=O) groups excluding carboxylic acids is 1. The van der Waals surface area contributed by atoms with E-state index in [1.54, 1.807) is 19.5 Å². The second-order valence-corrected chi connectivity index (χ2v) is 6.03. The van der Waals surface area contributed by atoms with Crippen LogP contribution in [0.5, 0.6) is 0 Å². The topological polar surface area (TPSA) is 82.2 Å². The first-order chi connectivity index (χ1) is 12.1. The molecule has 0 aliphatic carbocycles. The van der Waals surface area contributed by atoms with Gasteiger partial charge in [-0.25, -0.2) is 0 Å². The van der Waals surface area contributed by atoms with E-state index in [9.17, 15) is 4.79 Å². The molecule has 0 radical (unpaired) electrons. The molecule has 1 aromatic carbocycles. The molecule has 1 N–H and O–H groups in total. The third-order valence-electron chi connectivity index (χ3n) is 4.09. The smallest absolute Gasteiger partial charge is 0.287 e. The second kappa shape index (κ2) is 7.48. The minimum absolute atomic E-state index is 0.269. The van der Waals surface area contributed by atoms with E-state index in [4.69, 9.17) is 9.15 Å². The van der Waals surface area contributed by atoms with Crippen molar-refractivity contribution in [1.29, 1.82) is 0 Å². The van der Waals surface area contributed by atoms with E-state index in [0.717, 1.165) is 29.5 Å². The molecule has 3 rings (SSSR count). The zero-order chi connectivity index (χ0) is 17.8. The van der Waals surface area contributed by atoms with Crippen molar-refractivity contribution in [3.05, 3.63) is 47.7 Å². The fourth-order valence-electron chi connectivity index (χ4n) is 2.80. The Kier molecular flexibility index (Phi) is 5.14. The van der Waals surface area contributed by atoms with Crippen LogP contribution in [0.15, 0.2) is 35.0 Å². The summed E-state index contributed by atoms with van der Waals surface area (Å²) in [7, 11) is 1.67. The van der Waals surface area contributed by atoms with Crippen LogP contribution in [0.4, 0.5) is 0 Å². The maximum absolute atomic E-state index is 12.5. The number of rotatable bonds is 7. The van der Waals surface area contributed by atoms with Crippen LogP contribution in [0.2, 0.25) is 0 Å². The average molecular weight is 342 g/mol. The number of aromatic nitrogens is 3. The number of hydrogen-bond donors (Lipinski definition) is 1. The van der Waals surface area contributed by atoms with Crippen molar-refractivity contribution in [2.75, 3.05) is 13.7 Å². The molecule has 25 heavy (non-hydrogen) atoms. The van der Waals surface area contributed by atoms with Gasteiger partial charge in [0.2, 0.25) is 0 Å². The lowest BCUT2D eigenvalue weighted by atomic mass is 10.2. The van der Waals surface area contributed by atoms with E-state index in [2.05, 4.69) is 15.5 Å². The van der Waals surface area contributed by atoms with Crippen molar-refractivity contribution in [3.8, 4) is 0 Å². The van der Waals surface area contributed by atoms with Crippen LogP contribution < -0.4 is 5.32 Å². The predicted octanol–water partition coefficient (Wildman–Crippen LogP) is 2.86. The molecular formula is C18H22N4O3. The monoisotopic (exact) mass is 342 g/mol. The summed E-state index contributed by atoms with van der Waals surface area (Å²) in [6.07, 6.45) is 2.52. The highest BCUT2D eigenvalue weighted by atomic mass is 16.5. The predicted molar refractivity (Wildman–Crippen MR) is 93.3 cm³/mol. The average Bonchev–Trinajstić information content (AvgIpc) is 3.22. The number of para-hydroxylation sites is 1. The first-order valence-corrected chi connectivity index (χ1v) is 8.27. The zero-order valence-corrected chi connectivity index (χ0v) is 14.7. The lowest BCUT2D eigenvalue weighted by molar-refractivity contribution is 0.0911. The van der Waals surface area contributed by atoms with Gasteiger partial charge < -0.3 is 19.0 Å². The molecule has 0 fully saturated rings. The van der Waals surface area contributed by atoms with Gasteiger partial charge in [0.1, 0.15) is 11.9 Å². The van der Waals surface area contributed by atoms with Gasteiger partial charge in [-0.05, 0) is 31.9 Å². The Hall–Kier alpha value is -2.67. The molecule has 0 aliphatic heterocycles. The minimum atomic E-state index is -0.285. The van der Waals surface area contributed by atoms with Crippen LogP contribution in [0.1, 0.15) is 41.3 Å². The Morgan fingerprint density at radius 3 is 3.04 bits per heavy atom. The van der Waals surface area contributed by atoms with Crippen molar-refractivity contribution in [2.24, 2.45) is 0 Å². The van der Waals surface area contributed by atoms with Crippen molar-refractivity contribution >= 4 is 16.9 Å². The summed E-state index contributed by atoms with van der Waals surface area (Å²) >= 11 is 0.